The van der Waals surface area contributed by atoms with E-state index in [0.29, 0.717) is 19.6 Å². The van der Waals surface area contributed by atoms with E-state index in [1.165, 1.54) is 5.56 Å². The van der Waals surface area contributed by atoms with Crippen molar-refractivity contribution in [3.63, 3.8) is 0 Å². The average molecular weight is 324 g/mol. The lowest BCUT2D eigenvalue weighted by molar-refractivity contribution is -0.0767. The molecular formula is C15H18BrNO2. The molecule has 102 valence electrons. The number of hydrogen-bond donors (Lipinski definition) is 0. The van der Waals surface area contributed by atoms with Crippen molar-refractivity contribution >= 4 is 15.9 Å². The quantitative estimate of drug-likeness (QED) is 0.855. The predicted octanol–water partition coefficient (Wildman–Crippen LogP) is 3.47. The van der Waals surface area contributed by atoms with Gasteiger partial charge in [0.05, 0.1) is 26.4 Å². The fourth-order valence-corrected chi connectivity index (χ4v) is 3.06. The van der Waals surface area contributed by atoms with Crippen LogP contribution in [0.2, 0.25) is 0 Å². The molecule has 0 aliphatic carbocycles. The van der Waals surface area contributed by atoms with Crippen molar-refractivity contribution in [2.75, 3.05) is 20.3 Å². The molecule has 1 aromatic carbocycles. The lowest BCUT2D eigenvalue weighted by Gasteiger charge is -2.36. The average Bonchev–Trinajstić information content (AvgIpc) is 2.37. The van der Waals surface area contributed by atoms with E-state index in [1.54, 1.807) is 7.11 Å². The lowest BCUT2D eigenvalue weighted by atomic mass is 9.79. The van der Waals surface area contributed by atoms with Gasteiger partial charge in [0.2, 0.25) is 0 Å². The second kappa shape index (κ2) is 5.15. The maximum Gasteiger partial charge on any atom is 0.125 e. The molecule has 0 N–H and O–H groups in total. The first-order valence-corrected chi connectivity index (χ1v) is 7.06. The molecule has 1 aliphatic rings. The van der Waals surface area contributed by atoms with Crippen LogP contribution < -0.4 is 4.74 Å². The van der Waals surface area contributed by atoms with Crippen LogP contribution in [0.4, 0.5) is 0 Å². The Bertz CT molecular complexity index is 556. The van der Waals surface area contributed by atoms with E-state index in [2.05, 4.69) is 42.8 Å². The molecule has 0 bridgehead atoms. The molecule has 0 atom stereocenters. The summed E-state index contributed by atoms with van der Waals surface area (Å²) in [5.41, 5.74) is 4.19. The van der Waals surface area contributed by atoms with Crippen molar-refractivity contribution in [2.45, 2.75) is 27.2 Å². The molecule has 0 saturated carbocycles. The van der Waals surface area contributed by atoms with Crippen LogP contribution in [0, 0.1) is 37.5 Å². The van der Waals surface area contributed by atoms with E-state index in [-0.39, 0.29) is 5.41 Å². The van der Waals surface area contributed by atoms with Crippen LogP contribution in [0.5, 0.6) is 5.75 Å². The summed E-state index contributed by atoms with van der Waals surface area (Å²) in [5.74, 6) is 0.903. The van der Waals surface area contributed by atoms with E-state index < -0.39 is 0 Å². The van der Waals surface area contributed by atoms with Gasteiger partial charge in [0.15, 0.2) is 0 Å². The van der Waals surface area contributed by atoms with Gasteiger partial charge in [-0.05, 0) is 43.9 Å². The summed E-state index contributed by atoms with van der Waals surface area (Å²) in [5, 5.41) is 9.36. The molecule has 0 spiro atoms. The van der Waals surface area contributed by atoms with Gasteiger partial charge >= 0.3 is 0 Å². The maximum atomic E-state index is 9.36. The standard InChI is InChI=1S/C15H18BrNO2/c1-9-10(2)14(18-4)12(11(3)13(9)16)5-15(6-17)7-19-8-15/h5,7-8H2,1-4H3. The van der Waals surface area contributed by atoms with E-state index in [9.17, 15) is 5.26 Å². The third-order valence-corrected chi connectivity index (χ3v) is 5.19. The van der Waals surface area contributed by atoms with Crippen LogP contribution in [-0.4, -0.2) is 20.3 Å². The zero-order valence-corrected chi connectivity index (χ0v) is 13.3. The molecule has 0 amide bonds. The number of ether oxygens (including phenoxy) is 2. The van der Waals surface area contributed by atoms with E-state index in [1.807, 2.05) is 0 Å². The molecule has 1 aromatic rings. The fourth-order valence-electron chi connectivity index (χ4n) is 2.53. The molecule has 0 unspecified atom stereocenters. The van der Waals surface area contributed by atoms with Crippen molar-refractivity contribution < 1.29 is 9.47 Å². The first-order chi connectivity index (χ1) is 8.95. The Morgan fingerprint density at radius 1 is 1.26 bits per heavy atom. The summed E-state index contributed by atoms with van der Waals surface area (Å²) < 4.78 is 11.9. The largest absolute Gasteiger partial charge is 0.496 e. The Morgan fingerprint density at radius 3 is 2.32 bits per heavy atom. The highest BCUT2D eigenvalue weighted by molar-refractivity contribution is 9.10. The van der Waals surface area contributed by atoms with Crippen molar-refractivity contribution in [1.29, 1.82) is 5.26 Å². The van der Waals surface area contributed by atoms with Crippen molar-refractivity contribution in [1.82, 2.24) is 0 Å². The minimum atomic E-state index is -0.390. The maximum absolute atomic E-state index is 9.36. The first kappa shape index (κ1) is 14.4. The molecule has 2 rings (SSSR count). The zero-order chi connectivity index (χ0) is 14.2. The number of halogens is 1. The van der Waals surface area contributed by atoms with E-state index in [0.717, 1.165) is 26.9 Å². The smallest absolute Gasteiger partial charge is 0.125 e. The zero-order valence-electron chi connectivity index (χ0n) is 11.8. The van der Waals surface area contributed by atoms with E-state index >= 15 is 0 Å². The van der Waals surface area contributed by atoms with E-state index in [4.69, 9.17) is 9.47 Å². The molecule has 4 heteroatoms. The number of nitrogens with zero attached hydrogens (tertiary/aromatic N) is 1. The lowest BCUT2D eigenvalue weighted by Crippen LogP contribution is -2.43. The molecule has 3 nitrogen and oxygen atoms in total. The van der Waals surface area contributed by atoms with Crippen LogP contribution in [-0.2, 0) is 11.2 Å². The van der Waals surface area contributed by atoms with Crippen LogP contribution in [0.15, 0.2) is 4.47 Å². The number of rotatable bonds is 3. The second-order valence-corrected chi connectivity index (χ2v) is 6.06. The minimum absolute atomic E-state index is 0.390. The number of methoxy groups -OCH3 is 1. The highest BCUT2D eigenvalue weighted by Crippen LogP contribution is 2.41. The van der Waals surface area contributed by atoms with Gasteiger partial charge in [0, 0.05) is 10.0 Å². The van der Waals surface area contributed by atoms with Gasteiger partial charge in [-0.1, -0.05) is 15.9 Å². The molecule has 0 aromatic heterocycles. The summed E-state index contributed by atoms with van der Waals surface area (Å²) in [7, 11) is 1.69. The monoisotopic (exact) mass is 323 g/mol. The highest BCUT2D eigenvalue weighted by Gasteiger charge is 2.40. The topological polar surface area (TPSA) is 42.2 Å². The molecule has 19 heavy (non-hydrogen) atoms. The summed E-state index contributed by atoms with van der Waals surface area (Å²) in [6.07, 6.45) is 0.679. The Morgan fingerprint density at radius 2 is 1.89 bits per heavy atom. The van der Waals surface area contributed by atoms with Crippen molar-refractivity contribution in [3.8, 4) is 11.8 Å². The van der Waals surface area contributed by atoms with Crippen LogP contribution in [0.25, 0.3) is 0 Å². The summed E-state index contributed by atoms with van der Waals surface area (Å²) in [6, 6.07) is 2.40. The molecule has 1 aliphatic heterocycles. The van der Waals surface area contributed by atoms with Gasteiger partial charge < -0.3 is 9.47 Å². The normalized spacial score (nSPS) is 16.6. The third kappa shape index (κ3) is 2.26. The summed E-state index contributed by atoms with van der Waals surface area (Å²) >= 11 is 3.64. The first-order valence-electron chi connectivity index (χ1n) is 6.27. The Kier molecular flexibility index (Phi) is 3.89. The minimum Gasteiger partial charge on any atom is -0.496 e. The molecule has 1 heterocycles. The molecular weight excluding hydrogens is 306 g/mol. The third-order valence-electron chi connectivity index (χ3n) is 4.00. The summed E-state index contributed by atoms with van der Waals surface area (Å²) in [4.78, 5) is 0. The number of hydrogen-bond acceptors (Lipinski definition) is 3. The SMILES string of the molecule is COc1c(C)c(C)c(Br)c(C)c1CC1(C#N)COC1. The van der Waals surface area contributed by atoms with Crippen LogP contribution in [0.1, 0.15) is 22.3 Å². The van der Waals surface area contributed by atoms with Gasteiger partial charge in [-0.3, -0.25) is 0 Å². The van der Waals surface area contributed by atoms with Gasteiger partial charge in [0.1, 0.15) is 11.2 Å². The van der Waals surface area contributed by atoms with Crippen LogP contribution in [0.3, 0.4) is 0 Å². The van der Waals surface area contributed by atoms with Gasteiger partial charge in [-0.25, -0.2) is 0 Å². The molecule has 0 radical (unpaired) electrons. The number of benzene rings is 1. The molecule has 1 fully saturated rings. The van der Waals surface area contributed by atoms with Gasteiger partial charge in [-0.2, -0.15) is 5.26 Å². The Labute approximate surface area is 122 Å². The number of nitriles is 1. The Balaban J connectivity index is 2.53. The van der Waals surface area contributed by atoms with Crippen molar-refractivity contribution in [2.24, 2.45) is 5.41 Å². The van der Waals surface area contributed by atoms with Crippen LogP contribution >= 0.6 is 15.9 Å². The fraction of sp³-hybridized carbons (Fsp3) is 0.533. The highest BCUT2D eigenvalue weighted by atomic mass is 79.9. The summed E-state index contributed by atoms with van der Waals surface area (Å²) in [6.45, 7) is 7.22. The predicted molar refractivity (Wildman–Crippen MR) is 77.5 cm³/mol. The van der Waals surface area contributed by atoms with Gasteiger partial charge in [-0.15, -0.1) is 0 Å². The van der Waals surface area contributed by atoms with Gasteiger partial charge in [0.25, 0.3) is 0 Å². The van der Waals surface area contributed by atoms with Crippen molar-refractivity contribution in [3.05, 3.63) is 26.7 Å². The molecule has 1 saturated heterocycles. The Hall–Kier alpha value is -1.05. The second-order valence-electron chi connectivity index (χ2n) is 5.26.